The van der Waals surface area contributed by atoms with Crippen molar-refractivity contribution in [1.82, 2.24) is 15.5 Å². The summed E-state index contributed by atoms with van der Waals surface area (Å²) in [6.45, 7) is 4.86. The molecule has 5 heteroatoms. The van der Waals surface area contributed by atoms with Gasteiger partial charge in [-0.15, -0.1) is 0 Å². The fraction of sp³-hybridized carbons (Fsp3) is 0.929. The molecule has 108 valence electrons. The lowest BCUT2D eigenvalue weighted by molar-refractivity contribution is 0.111. The zero-order chi connectivity index (χ0) is 13.1. The third-order valence-electron chi connectivity index (χ3n) is 4.34. The molecule has 3 fully saturated rings. The van der Waals surface area contributed by atoms with Gasteiger partial charge in [-0.25, -0.2) is 4.79 Å². The van der Waals surface area contributed by atoms with Crippen LogP contribution in [0.4, 0.5) is 4.79 Å². The highest BCUT2D eigenvalue weighted by Crippen LogP contribution is 2.30. The number of likely N-dealkylation sites (tertiary alicyclic amines) is 1. The Morgan fingerprint density at radius 3 is 2.89 bits per heavy atom. The Hall–Kier alpha value is -0.810. The molecule has 2 amide bonds. The van der Waals surface area contributed by atoms with Crippen molar-refractivity contribution in [3.05, 3.63) is 0 Å². The van der Waals surface area contributed by atoms with Crippen LogP contribution in [0.1, 0.15) is 32.1 Å². The van der Waals surface area contributed by atoms with Crippen molar-refractivity contribution >= 4 is 6.03 Å². The number of urea groups is 1. The van der Waals surface area contributed by atoms with Gasteiger partial charge in [0.05, 0.1) is 6.10 Å². The zero-order valence-electron chi connectivity index (χ0n) is 11.6. The lowest BCUT2D eigenvalue weighted by atomic mass is 10.2. The zero-order valence-corrected chi connectivity index (χ0v) is 11.6. The Labute approximate surface area is 115 Å². The highest BCUT2D eigenvalue weighted by Gasteiger charge is 2.29. The van der Waals surface area contributed by atoms with E-state index in [1.807, 2.05) is 0 Å². The third kappa shape index (κ3) is 4.08. The van der Waals surface area contributed by atoms with Crippen LogP contribution in [0.25, 0.3) is 0 Å². The van der Waals surface area contributed by atoms with Crippen molar-refractivity contribution in [2.24, 2.45) is 5.92 Å². The van der Waals surface area contributed by atoms with Crippen molar-refractivity contribution in [3.63, 3.8) is 0 Å². The Bertz CT molecular complexity index is 314. The maximum atomic E-state index is 11.8. The molecule has 0 radical (unpaired) electrons. The van der Waals surface area contributed by atoms with Crippen LogP contribution in [0, 0.1) is 5.92 Å². The van der Waals surface area contributed by atoms with Gasteiger partial charge in [-0.3, -0.25) is 0 Å². The summed E-state index contributed by atoms with van der Waals surface area (Å²) in [4.78, 5) is 14.3. The normalized spacial score (nSPS) is 31.6. The molecule has 5 nitrogen and oxygen atoms in total. The van der Waals surface area contributed by atoms with E-state index in [1.165, 1.54) is 19.4 Å². The van der Waals surface area contributed by atoms with Gasteiger partial charge in [0.15, 0.2) is 0 Å². The average molecular weight is 267 g/mol. The topological polar surface area (TPSA) is 53.6 Å². The first kappa shape index (κ1) is 13.2. The molecule has 2 heterocycles. The van der Waals surface area contributed by atoms with E-state index in [9.17, 15) is 4.79 Å². The summed E-state index contributed by atoms with van der Waals surface area (Å²) < 4.78 is 5.49. The van der Waals surface area contributed by atoms with E-state index in [4.69, 9.17) is 4.74 Å². The van der Waals surface area contributed by atoms with Crippen molar-refractivity contribution in [2.45, 2.75) is 44.2 Å². The molecule has 0 spiro atoms. The van der Waals surface area contributed by atoms with Crippen LogP contribution in [-0.2, 0) is 4.74 Å². The fourth-order valence-corrected chi connectivity index (χ4v) is 3.03. The lowest BCUT2D eigenvalue weighted by Gasteiger charge is -2.17. The first-order chi connectivity index (χ1) is 9.29. The number of hydrogen-bond donors (Lipinski definition) is 2. The quantitative estimate of drug-likeness (QED) is 0.780. The molecular formula is C14H25N3O2. The minimum Gasteiger partial charge on any atom is -0.376 e. The maximum absolute atomic E-state index is 11.8. The highest BCUT2D eigenvalue weighted by atomic mass is 16.5. The maximum Gasteiger partial charge on any atom is 0.315 e. The van der Waals surface area contributed by atoms with Crippen LogP contribution in [-0.4, -0.2) is 55.9 Å². The summed E-state index contributed by atoms with van der Waals surface area (Å²) in [5, 5.41) is 6.01. The highest BCUT2D eigenvalue weighted by molar-refractivity contribution is 5.74. The predicted molar refractivity (Wildman–Crippen MR) is 73.1 cm³/mol. The first-order valence-corrected chi connectivity index (χ1v) is 7.68. The molecule has 2 unspecified atom stereocenters. The van der Waals surface area contributed by atoms with Gasteiger partial charge in [0.25, 0.3) is 0 Å². The molecule has 0 aromatic carbocycles. The van der Waals surface area contributed by atoms with Gasteiger partial charge < -0.3 is 20.3 Å². The molecule has 0 aromatic rings. The molecule has 3 rings (SSSR count). The number of carbonyl (C=O) groups excluding carboxylic acids is 1. The number of ether oxygens (including phenoxy) is 1. The van der Waals surface area contributed by atoms with Gasteiger partial charge in [0, 0.05) is 38.8 Å². The predicted octanol–water partition coefficient (Wildman–Crippen LogP) is 0.949. The van der Waals surface area contributed by atoms with Crippen molar-refractivity contribution in [2.75, 3.05) is 32.8 Å². The van der Waals surface area contributed by atoms with Crippen LogP contribution < -0.4 is 10.6 Å². The SMILES string of the molecule is O=C(NCC1CCCO1)NC1CCN(CC2CC2)C1. The molecular weight excluding hydrogens is 242 g/mol. The number of carbonyl (C=O) groups is 1. The van der Waals surface area contributed by atoms with Gasteiger partial charge in [0.2, 0.25) is 0 Å². The van der Waals surface area contributed by atoms with Crippen LogP contribution in [0.2, 0.25) is 0 Å². The summed E-state index contributed by atoms with van der Waals surface area (Å²) in [7, 11) is 0. The Balaban J connectivity index is 1.30. The molecule has 2 aliphatic heterocycles. The number of amides is 2. The van der Waals surface area contributed by atoms with Crippen LogP contribution >= 0.6 is 0 Å². The molecule has 1 saturated carbocycles. The molecule has 19 heavy (non-hydrogen) atoms. The minimum absolute atomic E-state index is 0.0335. The molecule has 1 aliphatic carbocycles. The van der Waals surface area contributed by atoms with E-state index < -0.39 is 0 Å². The van der Waals surface area contributed by atoms with Gasteiger partial charge in [0.1, 0.15) is 0 Å². The second kappa shape index (κ2) is 6.09. The van der Waals surface area contributed by atoms with Crippen molar-refractivity contribution in [3.8, 4) is 0 Å². The van der Waals surface area contributed by atoms with E-state index >= 15 is 0 Å². The second-order valence-corrected chi connectivity index (χ2v) is 6.18. The van der Waals surface area contributed by atoms with Crippen LogP contribution in [0.5, 0.6) is 0 Å². The van der Waals surface area contributed by atoms with E-state index in [0.717, 1.165) is 44.9 Å². The first-order valence-electron chi connectivity index (χ1n) is 7.68. The standard InChI is InChI=1S/C14H25N3O2/c18-14(15-8-13-2-1-7-19-13)16-12-5-6-17(10-12)9-11-3-4-11/h11-13H,1-10H2,(H2,15,16,18). The minimum atomic E-state index is -0.0335. The molecule has 2 N–H and O–H groups in total. The molecule has 2 atom stereocenters. The average Bonchev–Trinajstić information content (AvgIpc) is 2.90. The second-order valence-electron chi connectivity index (χ2n) is 6.18. The van der Waals surface area contributed by atoms with E-state index in [2.05, 4.69) is 15.5 Å². The largest absolute Gasteiger partial charge is 0.376 e. The summed E-state index contributed by atoms with van der Waals surface area (Å²) in [6, 6.07) is 0.289. The van der Waals surface area contributed by atoms with Gasteiger partial charge in [-0.1, -0.05) is 0 Å². The lowest BCUT2D eigenvalue weighted by Crippen LogP contribution is -2.45. The molecule has 3 aliphatic rings. The third-order valence-corrected chi connectivity index (χ3v) is 4.34. The fourth-order valence-electron chi connectivity index (χ4n) is 3.03. The van der Waals surface area contributed by atoms with Gasteiger partial charge in [-0.2, -0.15) is 0 Å². The number of rotatable bonds is 5. The van der Waals surface area contributed by atoms with E-state index in [0.29, 0.717) is 12.6 Å². The molecule has 0 bridgehead atoms. The smallest absolute Gasteiger partial charge is 0.315 e. The Kier molecular flexibility index (Phi) is 4.23. The van der Waals surface area contributed by atoms with E-state index in [1.54, 1.807) is 0 Å². The summed E-state index contributed by atoms with van der Waals surface area (Å²) in [5.74, 6) is 0.937. The Morgan fingerprint density at radius 1 is 1.26 bits per heavy atom. The summed E-state index contributed by atoms with van der Waals surface area (Å²) in [6.07, 6.45) is 6.29. The van der Waals surface area contributed by atoms with Crippen LogP contribution in [0.3, 0.4) is 0 Å². The number of nitrogens with one attached hydrogen (secondary N) is 2. The monoisotopic (exact) mass is 267 g/mol. The van der Waals surface area contributed by atoms with Crippen molar-refractivity contribution in [1.29, 1.82) is 0 Å². The number of hydrogen-bond acceptors (Lipinski definition) is 3. The van der Waals surface area contributed by atoms with Crippen molar-refractivity contribution < 1.29 is 9.53 Å². The number of nitrogens with zero attached hydrogens (tertiary/aromatic N) is 1. The van der Waals surface area contributed by atoms with Gasteiger partial charge >= 0.3 is 6.03 Å². The summed E-state index contributed by atoms with van der Waals surface area (Å²) in [5.41, 5.74) is 0. The summed E-state index contributed by atoms with van der Waals surface area (Å²) >= 11 is 0. The van der Waals surface area contributed by atoms with Crippen LogP contribution in [0.15, 0.2) is 0 Å². The van der Waals surface area contributed by atoms with E-state index in [-0.39, 0.29) is 12.1 Å². The van der Waals surface area contributed by atoms with Gasteiger partial charge in [-0.05, 0) is 38.0 Å². The Morgan fingerprint density at radius 2 is 2.16 bits per heavy atom. The molecule has 2 saturated heterocycles. The molecule has 0 aromatic heterocycles.